The standard InChI is InChI=1S/C14H21N5OS/c1-14(2,13(16)21)19-8-6-18(7-9-19)12-10(11(15)20)4-3-5-17-12/h3-5H,6-9H2,1-2H3,(H2,15,20)(H2,16,21). The highest BCUT2D eigenvalue weighted by Crippen LogP contribution is 2.22. The lowest BCUT2D eigenvalue weighted by molar-refractivity contribution is 0.1000. The number of carbonyl (C=O) groups is 1. The van der Waals surface area contributed by atoms with Crippen LogP contribution in [-0.4, -0.2) is 52.5 Å². The van der Waals surface area contributed by atoms with Gasteiger partial charge >= 0.3 is 0 Å². The topological polar surface area (TPSA) is 88.5 Å². The van der Waals surface area contributed by atoms with Crippen molar-refractivity contribution < 1.29 is 4.79 Å². The van der Waals surface area contributed by atoms with Crippen LogP contribution >= 0.6 is 12.2 Å². The number of primary amides is 1. The number of amides is 1. The summed E-state index contributed by atoms with van der Waals surface area (Å²) < 4.78 is 0. The molecule has 0 atom stereocenters. The molecule has 1 aliphatic heterocycles. The summed E-state index contributed by atoms with van der Waals surface area (Å²) in [4.78, 5) is 20.6. The Morgan fingerprint density at radius 3 is 2.43 bits per heavy atom. The summed E-state index contributed by atoms with van der Waals surface area (Å²) in [6.45, 7) is 7.17. The van der Waals surface area contributed by atoms with Crippen LogP contribution in [-0.2, 0) is 0 Å². The van der Waals surface area contributed by atoms with Crippen LogP contribution in [0.1, 0.15) is 24.2 Å². The lowest BCUT2D eigenvalue weighted by Crippen LogP contribution is -2.59. The zero-order chi connectivity index (χ0) is 15.6. The maximum absolute atomic E-state index is 11.5. The summed E-state index contributed by atoms with van der Waals surface area (Å²) >= 11 is 5.14. The van der Waals surface area contributed by atoms with Crippen molar-refractivity contribution in [3.63, 3.8) is 0 Å². The number of thiocarbonyl (C=S) groups is 1. The summed E-state index contributed by atoms with van der Waals surface area (Å²) in [5.74, 6) is 0.196. The van der Waals surface area contributed by atoms with Gasteiger partial charge in [-0.15, -0.1) is 0 Å². The van der Waals surface area contributed by atoms with Gasteiger partial charge in [0.1, 0.15) is 5.82 Å². The van der Waals surface area contributed by atoms with E-state index in [1.165, 1.54) is 0 Å². The molecule has 1 amide bonds. The minimum atomic E-state index is -0.455. The molecule has 1 aromatic heterocycles. The molecular formula is C14H21N5OS. The largest absolute Gasteiger partial charge is 0.392 e. The summed E-state index contributed by atoms with van der Waals surface area (Å²) in [5, 5.41) is 0. The highest BCUT2D eigenvalue weighted by Gasteiger charge is 2.33. The van der Waals surface area contributed by atoms with E-state index in [2.05, 4.69) is 14.8 Å². The number of nitrogens with two attached hydrogens (primary N) is 2. The third kappa shape index (κ3) is 3.14. The number of hydrogen-bond acceptors (Lipinski definition) is 5. The molecule has 0 bridgehead atoms. The van der Waals surface area contributed by atoms with Crippen LogP contribution < -0.4 is 16.4 Å². The summed E-state index contributed by atoms with van der Waals surface area (Å²) in [5.41, 5.74) is 11.4. The summed E-state index contributed by atoms with van der Waals surface area (Å²) in [6.07, 6.45) is 1.67. The van der Waals surface area contributed by atoms with Crippen molar-refractivity contribution in [2.45, 2.75) is 19.4 Å². The maximum Gasteiger partial charge on any atom is 0.252 e. The smallest absolute Gasteiger partial charge is 0.252 e. The SMILES string of the molecule is CC(C)(C(N)=S)N1CCN(c2ncccc2C(N)=O)CC1. The lowest BCUT2D eigenvalue weighted by Gasteiger charge is -2.43. The molecule has 0 aromatic carbocycles. The second kappa shape index (κ2) is 5.95. The maximum atomic E-state index is 11.5. The van der Waals surface area contributed by atoms with E-state index in [1.54, 1.807) is 18.3 Å². The number of carbonyl (C=O) groups excluding carboxylic acids is 1. The van der Waals surface area contributed by atoms with Crippen molar-refractivity contribution in [1.82, 2.24) is 9.88 Å². The van der Waals surface area contributed by atoms with Gasteiger partial charge in [0.05, 0.1) is 16.1 Å². The average Bonchev–Trinajstić information content (AvgIpc) is 2.47. The molecule has 7 heteroatoms. The van der Waals surface area contributed by atoms with E-state index in [1.807, 2.05) is 13.8 Å². The Kier molecular flexibility index (Phi) is 4.43. The molecule has 6 nitrogen and oxygen atoms in total. The van der Waals surface area contributed by atoms with Gasteiger partial charge in [0, 0.05) is 32.4 Å². The van der Waals surface area contributed by atoms with Gasteiger partial charge in [-0.1, -0.05) is 12.2 Å². The lowest BCUT2D eigenvalue weighted by atomic mass is 10.0. The molecule has 1 fully saturated rings. The van der Waals surface area contributed by atoms with E-state index in [0.717, 1.165) is 26.2 Å². The molecule has 2 heterocycles. The van der Waals surface area contributed by atoms with Gasteiger partial charge in [-0.3, -0.25) is 9.69 Å². The molecule has 4 N–H and O–H groups in total. The third-order valence-electron chi connectivity index (χ3n) is 4.02. The van der Waals surface area contributed by atoms with Gasteiger partial charge in [0.25, 0.3) is 5.91 Å². The number of pyridine rings is 1. The van der Waals surface area contributed by atoms with Gasteiger partial charge in [-0.2, -0.15) is 0 Å². The minimum Gasteiger partial charge on any atom is -0.392 e. The number of piperazine rings is 1. The number of hydrogen-bond donors (Lipinski definition) is 2. The fourth-order valence-corrected chi connectivity index (χ4v) is 2.60. The first-order valence-electron chi connectivity index (χ1n) is 6.88. The normalized spacial score (nSPS) is 16.8. The van der Waals surface area contributed by atoms with Crippen LogP contribution in [0.3, 0.4) is 0 Å². The van der Waals surface area contributed by atoms with E-state index in [9.17, 15) is 4.79 Å². The first kappa shape index (κ1) is 15.7. The van der Waals surface area contributed by atoms with Crippen molar-refractivity contribution in [2.75, 3.05) is 31.1 Å². The van der Waals surface area contributed by atoms with Gasteiger partial charge in [-0.05, 0) is 26.0 Å². The zero-order valence-electron chi connectivity index (χ0n) is 12.4. The van der Waals surface area contributed by atoms with Crippen molar-refractivity contribution in [1.29, 1.82) is 0 Å². The van der Waals surface area contributed by atoms with Crippen molar-refractivity contribution >= 4 is 28.9 Å². The molecule has 2 rings (SSSR count). The highest BCUT2D eigenvalue weighted by atomic mass is 32.1. The predicted octanol–water partition coefficient (Wildman–Crippen LogP) is 0.367. The molecule has 0 unspecified atom stereocenters. The molecule has 114 valence electrons. The molecule has 0 spiro atoms. The van der Waals surface area contributed by atoms with Gasteiger partial charge in [-0.25, -0.2) is 4.98 Å². The predicted molar refractivity (Wildman–Crippen MR) is 87.4 cm³/mol. The van der Waals surface area contributed by atoms with Crippen LogP contribution in [0.15, 0.2) is 18.3 Å². The summed E-state index contributed by atoms with van der Waals surface area (Å²) in [7, 11) is 0. The van der Waals surface area contributed by atoms with E-state index in [0.29, 0.717) is 16.4 Å². The molecule has 0 radical (unpaired) electrons. The molecule has 1 aliphatic rings. The minimum absolute atomic E-state index is 0.307. The van der Waals surface area contributed by atoms with E-state index in [4.69, 9.17) is 23.7 Å². The Morgan fingerprint density at radius 2 is 1.90 bits per heavy atom. The second-order valence-electron chi connectivity index (χ2n) is 5.64. The van der Waals surface area contributed by atoms with E-state index < -0.39 is 5.91 Å². The zero-order valence-corrected chi connectivity index (χ0v) is 13.2. The van der Waals surface area contributed by atoms with Gasteiger partial charge in [0.2, 0.25) is 0 Å². The number of rotatable bonds is 4. The molecule has 0 saturated carbocycles. The second-order valence-corrected chi connectivity index (χ2v) is 6.08. The number of nitrogens with zero attached hydrogens (tertiary/aromatic N) is 3. The van der Waals surface area contributed by atoms with Crippen molar-refractivity contribution in [3.05, 3.63) is 23.9 Å². The first-order valence-corrected chi connectivity index (χ1v) is 7.29. The third-order valence-corrected chi connectivity index (χ3v) is 4.52. The Labute approximate surface area is 130 Å². The van der Waals surface area contributed by atoms with Crippen LogP contribution in [0.5, 0.6) is 0 Å². The highest BCUT2D eigenvalue weighted by molar-refractivity contribution is 7.80. The Hall–Kier alpha value is -1.73. The van der Waals surface area contributed by atoms with Crippen molar-refractivity contribution in [3.8, 4) is 0 Å². The van der Waals surface area contributed by atoms with Gasteiger partial charge in [0.15, 0.2) is 0 Å². The fourth-order valence-electron chi connectivity index (χ4n) is 2.47. The van der Waals surface area contributed by atoms with Crippen molar-refractivity contribution in [2.24, 2.45) is 11.5 Å². The number of aromatic nitrogens is 1. The molecular weight excluding hydrogens is 286 g/mol. The fraction of sp³-hybridized carbons (Fsp3) is 0.500. The quantitative estimate of drug-likeness (QED) is 0.781. The average molecular weight is 307 g/mol. The first-order chi connectivity index (χ1) is 9.84. The van der Waals surface area contributed by atoms with Crippen LogP contribution in [0.4, 0.5) is 5.82 Å². The molecule has 21 heavy (non-hydrogen) atoms. The molecule has 1 aromatic rings. The molecule has 1 saturated heterocycles. The molecule has 0 aliphatic carbocycles. The van der Waals surface area contributed by atoms with Crippen LogP contribution in [0.25, 0.3) is 0 Å². The van der Waals surface area contributed by atoms with Crippen LogP contribution in [0.2, 0.25) is 0 Å². The Balaban J connectivity index is 2.12. The van der Waals surface area contributed by atoms with Crippen LogP contribution in [0, 0.1) is 0 Å². The Bertz CT molecular complexity index is 552. The number of anilines is 1. The Morgan fingerprint density at radius 1 is 1.29 bits per heavy atom. The van der Waals surface area contributed by atoms with E-state index >= 15 is 0 Å². The van der Waals surface area contributed by atoms with E-state index in [-0.39, 0.29) is 5.54 Å². The summed E-state index contributed by atoms with van der Waals surface area (Å²) in [6, 6.07) is 3.42. The van der Waals surface area contributed by atoms with Gasteiger partial charge < -0.3 is 16.4 Å². The monoisotopic (exact) mass is 307 g/mol.